The van der Waals surface area contributed by atoms with Crippen LogP contribution in [0.2, 0.25) is 0 Å². The summed E-state index contributed by atoms with van der Waals surface area (Å²) in [7, 11) is 0. The van der Waals surface area contributed by atoms with E-state index in [4.69, 9.17) is 14.2 Å². The Hall–Kier alpha value is -3.28. The van der Waals surface area contributed by atoms with Crippen LogP contribution in [-0.4, -0.2) is 56.2 Å². The normalized spacial score (nSPS) is 21.1. The van der Waals surface area contributed by atoms with Crippen molar-refractivity contribution < 1.29 is 28.6 Å². The Morgan fingerprint density at radius 1 is 1.29 bits per heavy atom. The Kier molecular flexibility index (Phi) is 6.68. The van der Waals surface area contributed by atoms with Gasteiger partial charge in [-0.2, -0.15) is 4.98 Å². The van der Waals surface area contributed by atoms with E-state index in [-0.39, 0.29) is 35.5 Å². The number of ether oxygens (including phenoxy) is 3. The third kappa shape index (κ3) is 5.26. The van der Waals surface area contributed by atoms with Gasteiger partial charge < -0.3 is 14.2 Å². The van der Waals surface area contributed by atoms with Gasteiger partial charge in [-0.05, 0) is 12.8 Å². The summed E-state index contributed by atoms with van der Waals surface area (Å²) >= 11 is 0. The molecule has 0 aliphatic carbocycles. The van der Waals surface area contributed by atoms with Crippen LogP contribution in [0.1, 0.15) is 46.8 Å². The molecule has 1 unspecified atom stereocenters. The van der Waals surface area contributed by atoms with E-state index < -0.39 is 35.9 Å². The third-order valence-electron chi connectivity index (χ3n) is 4.72. The van der Waals surface area contributed by atoms with Crippen molar-refractivity contribution in [1.82, 2.24) is 19.5 Å². The molecule has 3 rings (SSSR count). The lowest BCUT2D eigenvalue weighted by atomic mass is 10.0. The van der Waals surface area contributed by atoms with Crippen molar-refractivity contribution in [3.63, 3.8) is 0 Å². The van der Waals surface area contributed by atoms with Crippen LogP contribution in [0.3, 0.4) is 0 Å². The summed E-state index contributed by atoms with van der Waals surface area (Å²) in [5.41, 5.74) is -0.192. The van der Waals surface area contributed by atoms with Crippen molar-refractivity contribution in [3.8, 4) is 0 Å². The van der Waals surface area contributed by atoms with Gasteiger partial charge in [0, 0.05) is 19.8 Å². The number of amides is 1. The molecule has 2 aromatic heterocycles. The number of anilines is 1. The standard InChI is InChI=1S/C19H25N5O7/c1-9(2)17(27)22-19-21-16-15(18(28)23-19)20-8-24(16)14-6-5-12(30-11(4)26)13(31-14)7-29-10(3)25/h8-9,12-14H,5-7H2,1-4H3,(H2,21,22,23,27,28)/t12-,13+,14?/m0/s1. The number of hydrogen-bond acceptors (Lipinski definition) is 9. The van der Waals surface area contributed by atoms with E-state index in [0.717, 1.165) is 0 Å². The molecule has 2 aromatic rings. The molecule has 12 heteroatoms. The lowest BCUT2D eigenvalue weighted by Crippen LogP contribution is -2.43. The second-order valence-corrected chi connectivity index (χ2v) is 7.54. The monoisotopic (exact) mass is 435 g/mol. The molecule has 168 valence electrons. The molecule has 1 aliphatic heterocycles. The van der Waals surface area contributed by atoms with Crippen LogP contribution in [-0.2, 0) is 28.6 Å². The maximum Gasteiger partial charge on any atom is 0.302 e. The summed E-state index contributed by atoms with van der Waals surface area (Å²) in [4.78, 5) is 57.9. The van der Waals surface area contributed by atoms with Gasteiger partial charge in [-0.15, -0.1) is 0 Å². The molecule has 2 N–H and O–H groups in total. The van der Waals surface area contributed by atoms with E-state index in [2.05, 4.69) is 20.3 Å². The lowest BCUT2D eigenvalue weighted by Gasteiger charge is -2.35. The highest BCUT2D eigenvalue weighted by molar-refractivity contribution is 5.91. The Balaban J connectivity index is 1.88. The molecule has 1 saturated heterocycles. The summed E-state index contributed by atoms with van der Waals surface area (Å²) in [5, 5.41) is 2.56. The molecular formula is C19H25N5O7. The quantitative estimate of drug-likeness (QED) is 0.629. The average molecular weight is 435 g/mol. The predicted molar refractivity (Wildman–Crippen MR) is 107 cm³/mol. The van der Waals surface area contributed by atoms with Gasteiger partial charge in [0.05, 0.1) is 6.33 Å². The van der Waals surface area contributed by atoms with Crippen LogP contribution in [0.5, 0.6) is 0 Å². The fourth-order valence-corrected chi connectivity index (χ4v) is 3.21. The molecule has 1 amide bonds. The molecule has 0 aromatic carbocycles. The van der Waals surface area contributed by atoms with Crippen LogP contribution in [0.4, 0.5) is 5.95 Å². The summed E-state index contributed by atoms with van der Waals surface area (Å²) < 4.78 is 17.9. The van der Waals surface area contributed by atoms with Gasteiger partial charge in [-0.1, -0.05) is 13.8 Å². The number of nitrogens with zero attached hydrogens (tertiary/aromatic N) is 3. The van der Waals surface area contributed by atoms with Crippen LogP contribution in [0.15, 0.2) is 11.1 Å². The van der Waals surface area contributed by atoms with Crippen molar-refractivity contribution in [3.05, 3.63) is 16.7 Å². The molecule has 1 fully saturated rings. The number of carbonyl (C=O) groups is 3. The fourth-order valence-electron chi connectivity index (χ4n) is 3.21. The average Bonchev–Trinajstić information content (AvgIpc) is 3.11. The Labute approximate surface area is 177 Å². The van der Waals surface area contributed by atoms with Gasteiger partial charge in [0.25, 0.3) is 5.56 Å². The number of fused-ring (bicyclic) bond motifs is 1. The zero-order valence-electron chi connectivity index (χ0n) is 17.7. The maximum absolute atomic E-state index is 12.4. The van der Waals surface area contributed by atoms with Gasteiger partial charge in [0.2, 0.25) is 11.9 Å². The smallest absolute Gasteiger partial charge is 0.302 e. The zero-order valence-corrected chi connectivity index (χ0v) is 17.7. The molecule has 3 heterocycles. The highest BCUT2D eigenvalue weighted by Crippen LogP contribution is 2.31. The molecule has 0 radical (unpaired) electrons. The summed E-state index contributed by atoms with van der Waals surface area (Å²) in [6.45, 7) is 5.90. The second kappa shape index (κ2) is 9.25. The van der Waals surface area contributed by atoms with E-state index in [0.29, 0.717) is 12.8 Å². The van der Waals surface area contributed by atoms with Gasteiger partial charge in [-0.3, -0.25) is 34.0 Å². The lowest BCUT2D eigenvalue weighted by molar-refractivity contribution is -0.191. The third-order valence-corrected chi connectivity index (χ3v) is 4.72. The van der Waals surface area contributed by atoms with Crippen molar-refractivity contribution >= 4 is 35.0 Å². The molecule has 0 saturated carbocycles. The summed E-state index contributed by atoms with van der Waals surface area (Å²) in [5.74, 6) is -1.55. The molecule has 0 spiro atoms. The largest absolute Gasteiger partial charge is 0.463 e. The molecule has 1 aliphatic rings. The minimum absolute atomic E-state index is 0.00279. The highest BCUT2D eigenvalue weighted by Gasteiger charge is 2.36. The zero-order chi connectivity index (χ0) is 22.7. The molecule has 3 atom stereocenters. The second-order valence-electron chi connectivity index (χ2n) is 7.54. The van der Waals surface area contributed by atoms with Crippen LogP contribution < -0.4 is 10.9 Å². The van der Waals surface area contributed by atoms with E-state index in [1.165, 1.54) is 20.2 Å². The first-order chi connectivity index (χ1) is 14.7. The van der Waals surface area contributed by atoms with Gasteiger partial charge in [-0.25, -0.2) is 4.98 Å². The van der Waals surface area contributed by atoms with Crippen LogP contribution in [0.25, 0.3) is 11.2 Å². The first kappa shape index (κ1) is 22.4. The number of rotatable bonds is 6. The van der Waals surface area contributed by atoms with Gasteiger partial charge in [0.1, 0.15) is 25.0 Å². The number of aromatic nitrogens is 4. The minimum atomic E-state index is -0.703. The number of carbonyl (C=O) groups excluding carboxylic acids is 3. The Bertz CT molecular complexity index is 1040. The van der Waals surface area contributed by atoms with E-state index in [9.17, 15) is 19.2 Å². The van der Waals surface area contributed by atoms with Crippen molar-refractivity contribution in [1.29, 1.82) is 0 Å². The first-order valence-electron chi connectivity index (χ1n) is 9.89. The van der Waals surface area contributed by atoms with Crippen LogP contribution >= 0.6 is 0 Å². The number of H-pyrrole nitrogens is 1. The van der Waals surface area contributed by atoms with E-state index >= 15 is 0 Å². The highest BCUT2D eigenvalue weighted by atomic mass is 16.6. The van der Waals surface area contributed by atoms with E-state index in [1.54, 1.807) is 18.4 Å². The molecular weight excluding hydrogens is 410 g/mol. The number of nitrogens with one attached hydrogen (secondary N) is 2. The summed E-state index contributed by atoms with van der Waals surface area (Å²) in [6.07, 6.45) is 0.408. The first-order valence-corrected chi connectivity index (χ1v) is 9.89. The number of imidazole rings is 1. The number of esters is 2. The van der Waals surface area contributed by atoms with Crippen molar-refractivity contribution in [2.75, 3.05) is 11.9 Å². The van der Waals surface area contributed by atoms with Crippen LogP contribution in [0, 0.1) is 5.92 Å². The SMILES string of the molecule is CC(=O)OC[C@H]1OC(n2cnc3c(=O)[nH]c(NC(=O)C(C)C)nc32)CC[C@@H]1OC(C)=O. The predicted octanol–water partition coefficient (Wildman–Crippen LogP) is 0.886. The van der Waals surface area contributed by atoms with Gasteiger partial charge in [0.15, 0.2) is 11.2 Å². The minimum Gasteiger partial charge on any atom is -0.463 e. The molecule has 12 nitrogen and oxygen atoms in total. The topological polar surface area (TPSA) is 154 Å². The van der Waals surface area contributed by atoms with E-state index in [1.807, 2.05) is 0 Å². The fraction of sp³-hybridized carbons (Fsp3) is 0.579. The summed E-state index contributed by atoms with van der Waals surface area (Å²) in [6, 6.07) is 0. The number of hydrogen-bond donors (Lipinski definition) is 2. The van der Waals surface area contributed by atoms with Crippen molar-refractivity contribution in [2.45, 2.75) is 59.0 Å². The Morgan fingerprint density at radius 3 is 2.68 bits per heavy atom. The molecule has 31 heavy (non-hydrogen) atoms. The van der Waals surface area contributed by atoms with Crippen molar-refractivity contribution in [2.24, 2.45) is 5.92 Å². The number of aromatic amines is 1. The molecule has 0 bridgehead atoms. The maximum atomic E-state index is 12.4. The van der Waals surface area contributed by atoms with Gasteiger partial charge >= 0.3 is 11.9 Å². The Morgan fingerprint density at radius 2 is 2.03 bits per heavy atom.